The Kier molecular flexibility index (Phi) is 2.74. The Morgan fingerprint density at radius 1 is 1.50 bits per heavy atom. The molecule has 0 saturated carbocycles. The van der Waals surface area contributed by atoms with E-state index in [9.17, 15) is 14.7 Å². The minimum absolute atomic E-state index is 0.120. The van der Waals surface area contributed by atoms with Gasteiger partial charge in [0.05, 0.1) is 0 Å². The van der Waals surface area contributed by atoms with E-state index in [1.807, 2.05) is 0 Å². The number of rotatable bonds is 2. The molecule has 1 N–H and O–H groups in total. The molecule has 0 saturated heterocycles. The lowest BCUT2D eigenvalue weighted by Gasteiger charge is -2.07. The number of nitrogens with zero attached hydrogens (tertiary/aromatic N) is 1. The summed E-state index contributed by atoms with van der Waals surface area (Å²) >= 11 is 0. The van der Waals surface area contributed by atoms with Gasteiger partial charge in [0.2, 0.25) is 0 Å². The fraction of sp³-hybridized carbons (Fsp3) is 0.400. The lowest BCUT2D eigenvalue weighted by Crippen LogP contribution is -2.25. The van der Waals surface area contributed by atoms with Gasteiger partial charge in [0, 0.05) is 19.2 Å². The lowest BCUT2D eigenvalue weighted by atomic mass is 10.0. The largest absolute Gasteiger partial charge is 0.507 e. The van der Waals surface area contributed by atoms with Crippen molar-refractivity contribution < 1.29 is 9.90 Å². The number of Topliss-reactive ketones (excluding diaryl/α,β-unsaturated/α-hetero) is 1. The van der Waals surface area contributed by atoms with Gasteiger partial charge in [0.15, 0.2) is 5.78 Å². The first-order chi connectivity index (χ1) is 6.45. The summed E-state index contributed by atoms with van der Waals surface area (Å²) in [4.78, 5) is 23.1. The Morgan fingerprint density at radius 3 is 2.57 bits per heavy atom. The third kappa shape index (κ3) is 1.69. The highest BCUT2D eigenvalue weighted by Gasteiger charge is 2.19. The van der Waals surface area contributed by atoms with Gasteiger partial charge in [0.1, 0.15) is 11.3 Å². The van der Waals surface area contributed by atoms with Crippen LogP contribution in [0.1, 0.15) is 24.2 Å². The summed E-state index contributed by atoms with van der Waals surface area (Å²) in [5.74, 6) is -0.869. The molecule has 1 aromatic heterocycles. The monoisotopic (exact) mass is 195 g/mol. The Bertz CT molecular complexity index is 418. The summed E-state index contributed by atoms with van der Waals surface area (Å²) in [5, 5.41) is 9.40. The normalized spacial score (nSPS) is 10.6. The molecule has 0 fully saturated rings. The molecule has 0 unspecified atom stereocenters. The van der Waals surface area contributed by atoms with Crippen molar-refractivity contribution in [3.8, 4) is 5.75 Å². The van der Waals surface area contributed by atoms with Crippen molar-refractivity contribution in [3.05, 3.63) is 28.2 Å². The highest BCUT2D eigenvalue weighted by Crippen LogP contribution is 2.15. The maximum atomic E-state index is 11.6. The zero-order valence-electron chi connectivity index (χ0n) is 8.44. The predicted molar refractivity (Wildman–Crippen MR) is 52.5 cm³/mol. The molecule has 0 aliphatic heterocycles. The number of hydrogen-bond acceptors (Lipinski definition) is 3. The number of aromatic hydroxyl groups is 1. The van der Waals surface area contributed by atoms with Crippen LogP contribution in [0.4, 0.5) is 0 Å². The third-order valence-corrected chi connectivity index (χ3v) is 2.02. The summed E-state index contributed by atoms with van der Waals surface area (Å²) in [6.07, 6.45) is 1.43. The van der Waals surface area contributed by atoms with Crippen LogP contribution in [0.15, 0.2) is 17.1 Å². The number of pyridine rings is 1. The Balaban J connectivity index is 3.41. The maximum Gasteiger partial charge on any atom is 0.264 e. The summed E-state index contributed by atoms with van der Waals surface area (Å²) < 4.78 is 1.27. The summed E-state index contributed by atoms with van der Waals surface area (Å²) in [5.41, 5.74) is -0.575. The van der Waals surface area contributed by atoms with E-state index < -0.39 is 5.56 Å². The average molecular weight is 195 g/mol. The average Bonchev–Trinajstić information content (AvgIpc) is 2.12. The van der Waals surface area contributed by atoms with Crippen LogP contribution < -0.4 is 5.56 Å². The van der Waals surface area contributed by atoms with Crippen molar-refractivity contribution in [1.29, 1.82) is 0 Å². The molecule has 1 rings (SSSR count). The molecule has 4 heteroatoms. The minimum atomic E-state index is -0.455. The van der Waals surface area contributed by atoms with Crippen LogP contribution in [-0.4, -0.2) is 15.5 Å². The molecular weight excluding hydrogens is 182 g/mol. The van der Waals surface area contributed by atoms with E-state index in [1.54, 1.807) is 20.9 Å². The number of aromatic nitrogens is 1. The van der Waals surface area contributed by atoms with Crippen LogP contribution in [0, 0.1) is 5.92 Å². The van der Waals surface area contributed by atoms with Crippen LogP contribution in [-0.2, 0) is 7.05 Å². The Hall–Kier alpha value is -1.58. The molecule has 1 aromatic rings. The van der Waals surface area contributed by atoms with Gasteiger partial charge in [-0.05, 0) is 6.07 Å². The highest BCUT2D eigenvalue weighted by molar-refractivity contribution is 5.99. The van der Waals surface area contributed by atoms with E-state index in [1.165, 1.54) is 16.8 Å². The maximum absolute atomic E-state index is 11.6. The van der Waals surface area contributed by atoms with Crippen LogP contribution in [0.25, 0.3) is 0 Å². The van der Waals surface area contributed by atoms with Crippen molar-refractivity contribution in [2.45, 2.75) is 13.8 Å². The number of hydrogen-bond donors (Lipinski definition) is 1. The van der Waals surface area contributed by atoms with E-state index in [0.717, 1.165) is 0 Å². The third-order valence-electron chi connectivity index (χ3n) is 2.02. The van der Waals surface area contributed by atoms with Gasteiger partial charge in [-0.2, -0.15) is 0 Å². The zero-order chi connectivity index (χ0) is 10.9. The molecule has 1 heterocycles. The highest BCUT2D eigenvalue weighted by atomic mass is 16.3. The molecule has 0 amide bonds. The van der Waals surface area contributed by atoms with Crippen LogP contribution in [0.3, 0.4) is 0 Å². The topological polar surface area (TPSA) is 59.3 Å². The first kappa shape index (κ1) is 10.5. The fourth-order valence-electron chi connectivity index (χ4n) is 1.14. The number of ketones is 1. The van der Waals surface area contributed by atoms with Gasteiger partial charge in [-0.3, -0.25) is 9.59 Å². The van der Waals surface area contributed by atoms with Gasteiger partial charge in [-0.15, -0.1) is 0 Å². The number of carbonyl (C=O) groups excluding carboxylic acids is 1. The SMILES string of the molecule is CC(C)C(=O)c1c(O)ccn(C)c1=O. The molecule has 0 spiro atoms. The zero-order valence-corrected chi connectivity index (χ0v) is 8.44. The van der Waals surface area contributed by atoms with Crippen molar-refractivity contribution in [2.24, 2.45) is 13.0 Å². The number of carbonyl (C=O) groups is 1. The standard InChI is InChI=1S/C10H13NO3/c1-6(2)9(13)8-7(12)4-5-11(3)10(8)14/h4-6,12H,1-3H3. The molecule has 76 valence electrons. The van der Waals surface area contributed by atoms with Gasteiger partial charge >= 0.3 is 0 Å². The molecule has 0 aliphatic rings. The lowest BCUT2D eigenvalue weighted by molar-refractivity contribution is 0.0934. The second-order valence-electron chi connectivity index (χ2n) is 3.51. The summed E-state index contributed by atoms with van der Waals surface area (Å²) in [7, 11) is 1.54. The van der Waals surface area contributed by atoms with Crippen molar-refractivity contribution in [2.75, 3.05) is 0 Å². The minimum Gasteiger partial charge on any atom is -0.507 e. The predicted octanol–water partition coefficient (Wildman–Crippen LogP) is 0.930. The summed E-state index contributed by atoms with van der Waals surface area (Å²) in [6, 6.07) is 1.34. The second-order valence-corrected chi connectivity index (χ2v) is 3.51. The molecule has 14 heavy (non-hydrogen) atoms. The Labute approximate surface area is 81.8 Å². The van der Waals surface area contributed by atoms with Gasteiger partial charge in [-0.1, -0.05) is 13.8 Å². The molecule has 4 nitrogen and oxygen atoms in total. The molecular formula is C10H13NO3. The molecule has 0 bridgehead atoms. The van der Waals surface area contributed by atoms with Crippen molar-refractivity contribution in [1.82, 2.24) is 4.57 Å². The van der Waals surface area contributed by atoms with E-state index in [0.29, 0.717) is 0 Å². The van der Waals surface area contributed by atoms with Crippen molar-refractivity contribution in [3.63, 3.8) is 0 Å². The quantitative estimate of drug-likeness (QED) is 0.714. The first-order valence-electron chi connectivity index (χ1n) is 4.38. The van der Waals surface area contributed by atoms with Crippen LogP contribution >= 0.6 is 0 Å². The molecule has 0 atom stereocenters. The molecule has 0 radical (unpaired) electrons. The summed E-state index contributed by atoms with van der Waals surface area (Å²) in [6.45, 7) is 3.38. The molecule has 0 aliphatic carbocycles. The van der Waals surface area contributed by atoms with E-state index >= 15 is 0 Å². The van der Waals surface area contributed by atoms with Crippen molar-refractivity contribution >= 4 is 5.78 Å². The number of aryl methyl sites for hydroxylation is 1. The van der Waals surface area contributed by atoms with E-state index in [-0.39, 0.29) is 23.0 Å². The van der Waals surface area contributed by atoms with Gasteiger partial charge < -0.3 is 9.67 Å². The van der Waals surface area contributed by atoms with Crippen LogP contribution in [0.2, 0.25) is 0 Å². The fourth-order valence-corrected chi connectivity index (χ4v) is 1.14. The van der Waals surface area contributed by atoms with E-state index in [4.69, 9.17) is 0 Å². The Morgan fingerprint density at radius 2 is 2.07 bits per heavy atom. The van der Waals surface area contributed by atoms with E-state index in [2.05, 4.69) is 0 Å². The van der Waals surface area contributed by atoms with Gasteiger partial charge in [0.25, 0.3) is 5.56 Å². The smallest absolute Gasteiger partial charge is 0.264 e. The first-order valence-corrected chi connectivity index (χ1v) is 4.38. The second kappa shape index (κ2) is 3.65. The van der Waals surface area contributed by atoms with Gasteiger partial charge in [-0.25, -0.2) is 0 Å². The van der Waals surface area contributed by atoms with Crippen LogP contribution in [0.5, 0.6) is 5.75 Å². The molecule has 0 aromatic carbocycles.